The third-order valence-electron chi connectivity index (χ3n) is 2.63. The van der Waals surface area contributed by atoms with Gasteiger partial charge in [-0.15, -0.1) is 0 Å². The van der Waals surface area contributed by atoms with E-state index in [-0.39, 0.29) is 11.4 Å². The summed E-state index contributed by atoms with van der Waals surface area (Å²) in [6.07, 6.45) is 4.50. The Kier molecular flexibility index (Phi) is 4.61. The van der Waals surface area contributed by atoms with Crippen molar-refractivity contribution in [2.45, 2.75) is 4.90 Å². The first kappa shape index (κ1) is 14.4. The van der Waals surface area contributed by atoms with Gasteiger partial charge in [-0.05, 0) is 12.1 Å². The zero-order valence-corrected chi connectivity index (χ0v) is 11.5. The van der Waals surface area contributed by atoms with Crippen molar-refractivity contribution < 1.29 is 8.42 Å². The fraction of sp³-hybridized carbons (Fsp3) is 0.167. The fourth-order valence-corrected chi connectivity index (χ4v) is 3.02. The predicted octanol–water partition coefficient (Wildman–Crippen LogP) is 0.00470. The lowest BCUT2D eigenvalue weighted by Gasteiger charge is -2.08. The van der Waals surface area contributed by atoms with Crippen LogP contribution in [0.1, 0.15) is 0 Å². The van der Waals surface area contributed by atoms with Crippen molar-refractivity contribution in [1.29, 1.82) is 0 Å². The Labute approximate surface area is 116 Å². The summed E-state index contributed by atoms with van der Waals surface area (Å²) >= 11 is 0. The molecule has 0 aliphatic rings. The molecule has 0 saturated carbocycles. The first-order chi connectivity index (χ1) is 9.65. The maximum absolute atomic E-state index is 12.3. The Morgan fingerprint density at radius 3 is 3.00 bits per heavy atom. The SMILES string of the molecule is NNC=NCCNS(=O)(=O)c1cccc2cnccc12. The molecule has 0 fully saturated rings. The summed E-state index contributed by atoms with van der Waals surface area (Å²) in [7, 11) is -3.58. The van der Waals surface area contributed by atoms with Gasteiger partial charge in [0.1, 0.15) is 0 Å². The van der Waals surface area contributed by atoms with Crippen molar-refractivity contribution in [2.24, 2.45) is 10.8 Å². The van der Waals surface area contributed by atoms with E-state index in [4.69, 9.17) is 5.84 Å². The van der Waals surface area contributed by atoms with Gasteiger partial charge in [0.25, 0.3) is 0 Å². The molecule has 0 bridgehead atoms. The summed E-state index contributed by atoms with van der Waals surface area (Å²) in [6.45, 7) is 0.498. The molecule has 20 heavy (non-hydrogen) atoms. The summed E-state index contributed by atoms with van der Waals surface area (Å²) in [5, 5.41) is 1.42. The Bertz CT molecular complexity index is 709. The van der Waals surface area contributed by atoms with Crippen molar-refractivity contribution in [1.82, 2.24) is 15.1 Å². The molecule has 0 radical (unpaired) electrons. The summed E-state index contributed by atoms with van der Waals surface area (Å²) in [5.41, 5.74) is 2.25. The van der Waals surface area contributed by atoms with Gasteiger partial charge in [-0.2, -0.15) is 0 Å². The summed E-state index contributed by atoms with van der Waals surface area (Å²) in [5.74, 6) is 5.01. The number of nitrogens with one attached hydrogen (secondary N) is 2. The van der Waals surface area contributed by atoms with Crippen LogP contribution >= 0.6 is 0 Å². The average Bonchev–Trinajstić information content (AvgIpc) is 2.46. The average molecular weight is 293 g/mol. The molecule has 2 aromatic rings. The maximum atomic E-state index is 12.3. The molecule has 4 N–H and O–H groups in total. The van der Waals surface area contributed by atoms with Gasteiger partial charge in [-0.3, -0.25) is 9.98 Å². The van der Waals surface area contributed by atoms with E-state index in [1.807, 2.05) is 6.07 Å². The van der Waals surface area contributed by atoms with Crippen LogP contribution < -0.4 is 16.0 Å². The second kappa shape index (κ2) is 6.42. The van der Waals surface area contributed by atoms with Crippen LogP contribution in [0, 0.1) is 0 Å². The third kappa shape index (κ3) is 3.29. The number of pyridine rings is 1. The molecular weight excluding hydrogens is 278 g/mol. The Hall–Kier alpha value is -2.03. The maximum Gasteiger partial charge on any atom is 0.241 e. The van der Waals surface area contributed by atoms with E-state index in [9.17, 15) is 8.42 Å². The first-order valence-corrected chi connectivity index (χ1v) is 7.40. The molecular formula is C12H15N5O2S. The smallest absolute Gasteiger partial charge is 0.241 e. The van der Waals surface area contributed by atoms with Crippen LogP contribution in [0.2, 0.25) is 0 Å². The number of hydrogen-bond donors (Lipinski definition) is 3. The molecule has 1 heterocycles. The largest absolute Gasteiger partial charge is 0.315 e. The van der Waals surface area contributed by atoms with Crippen LogP contribution in [0.15, 0.2) is 46.5 Å². The monoisotopic (exact) mass is 293 g/mol. The summed E-state index contributed by atoms with van der Waals surface area (Å²) in [4.78, 5) is 8.06. The number of hydrogen-bond acceptors (Lipinski definition) is 5. The number of fused-ring (bicyclic) bond motifs is 1. The van der Waals surface area contributed by atoms with Gasteiger partial charge >= 0.3 is 0 Å². The van der Waals surface area contributed by atoms with Gasteiger partial charge in [0.05, 0.1) is 17.8 Å². The number of benzene rings is 1. The number of aliphatic imine (C=N–C) groups is 1. The highest BCUT2D eigenvalue weighted by Gasteiger charge is 2.16. The van der Waals surface area contributed by atoms with Crippen LogP contribution in [0.4, 0.5) is 0 Å². The quantitative estimate of drug-likeness (QED) is 0.228. The molecule has 106 valence electrons. The zero-order valence-electron chi connectivity index (χ0n) is 10.7. The molecule has 0 spiro atoms. The van der Waals surface area contributed by atoms with Gasteiger partial charge in [0, 0.05) is 29.7 Å². The number of sulfonamides is 1. The Morgan fingerprint density at radius 1 is 1.35 bits per heavy atom. The van der Waals surface area contributed by atoms with Crippen LogP contribution in [0.3, 0.4) is 0 Å². The van der Waals surface area contributed by atoms with Gasteiger partial charge in [-0.25, -0.2) is 19.0 Å². The molecule has 2 rings (SSSR count). The first-order valence-electron chi connectivity index (χ1n) is 5.92. The summed E-state index contributed by atoms with van der Waals surface area (Å²) < 4.78 is 27.0. The molecule has 1 aromatic carbocycles. The fourth-order valence-electron chi connectivity index (χ4n) is 1.77. The molecule has 0 aliphatic heterocycles. The van der Waals surface area contributed by atoms with Crippen molar-refractivity contribution in [3.05, 3.63) is 36.7 Å². The number of nitrogens with zero attached hydrogens (tertiary/aromatic N) is 2. The van der Waals surface area contributed by atoms with E-state index in [1.165, 1.54) is 6.34 Å². The second-order valence-electron chi connectivity index (χ2n) is 3.95. The number of rotatable bonds is 6. The minimum Gasteiger partial charge on any atom is -0.315 e. The zero-order chi connectivity index (χ0) is 14.4. The van der Waals surface area contributed by atoms with Crippen molar-refractivity contribution >= 4 is 27.1 Å². The molecule has 0 aliphatic carbocycles. The molecule has 0 saturated heterocycles. The molecule has 8 heteroatoms. The molecule has 0 atom stereocenters. The van der Waals surface area contributed by atoms with Crippen molar-refractivity contribution in [3.63, 3.8) is 0 Å². The molecule has 0 unspecified atom stereocenters. The Balaban J connectivity index is 2.21. The van der Waals surface area contributed by atoms with Crippen LogP contribution in [-0.2, 0) is 10.0 Å². The molecule has 7 nitrogen and oxygen atoms in total. The highest BCUT2D eigenvalue weighted by molar-refractivity contribution is 7.89. The summed E-state index contributed by atoms with van der Waals surface area (Å²) in [6, 6.07) is 6.75. The van der Waals surface area contributed by atoms with Crippen molar-refractivity contribution in [2.75, 3.05) is 13.1 Å². The normalized spacial score (nSPS) is 12.1. The van der Waals surface area contributed by atoms with Crippen LogP contribution in [0.25, 0.3) is 10.8 Å². The van der Waals surface area contributed by atoms with Crippen molar-refractivity contribution in [3.8, 4) is 0 Å². The minimum absolute atomic E-state index is 0.196. The van der Waals surface area contributed by atoms with Gasteiger partial charge in [0.2, 0.25) is 10.0 Å². The van der Waals surface area contributed by atoms with Crippen LogP contribution in [-0.4, -0.2) is 32.8 Å². The van der Waals surface area contributed by atoms with Crippen LogP contribution in [0.5, 0.6) is 0 Å². The topological polar surface area (TPSA) is 109 Å². The highest BCUT2D eigenvalue weighted by Crippen LogP contribution is 2.21. The lowest BCUT2D eigenvalue weighted by atomic mass is 10.2. The number of aromatic nitrogens is 1. The molecule has 1 aromatic heterocycles. The lowest BCUT2D eigenvalue weighted by Crippen LogP contribution is -2.27. The Morgan fingerprint density at radius 2 is 2.20 bits per heavy atom. The van der Waals surface area contributed by atoms with Gasteiger partial charge < -0.3 is 5.43 Å². The standard InChI is InChI=1S/C12H15N5O2S/c13-16-9-15-6-7-17-20(18,19)12-3-1-2-10-8-14-5-4-11(10)12/h1-5,8-9,17H,6-7,13H2,(H,15,16). The molecule has 0 amide bonds. The number of nitrogens with two attached hydrogens (primary N) is 1. The number of hydrazine groups is 1. The van der Waals surface area contributed by atoms with Gasteiger partial charge in [0.15, 0.2) is 0 Å². The van der Waals surface area contributed by atoms with E-state index < -0.39 is 10.0 Å². The third-order valence-corrected chi connectivity index (χ3v) is 4.15. The highest BCUT2D eigenvalue weighted by atomic mass is 32.2. The minimum atomic E-state index is -3.58. The van der Waals surface area contributed by atoms with E-state index in [0.29, 0.717) is 11.9 Å². The van der Waals surface area contributed by atoms with Gasteiger partial charge in [-0.1, -0.05) is 12.1 Å². The lowest BCUT2D eigenvalue weighted by molar-refractivity contribution is 0.583. The predicted molar refractivity (Wildman–Crippen MR) is 77.6 cm³/mol. The van der Waals surface area contributed by atoms with E-state index in [0.717, 1.165) is 5.39 Å². The van der Waals surface area contributed by atoms with E-state index in [1.54, 1.807) is 30.6 Å². The van der Waals surface area contributed by atoms with E-state index in [2.05, 4.69) is 20.1 Å². The second-order valence-corrected chi connectivity index (χ2v) is 5.69. The van der Waals surface area contributed by atoms with E-state index >= 15 is 0 Å².